The van der Waals surface area contributed by atoms with Crippen LogP contribution in [0.25, 0.3) is 0 Å². The Kier molecular flexibility index (Phi) is 15.5. The highest BCUT2D eigenvalue weighted by Gasteiger charge is 2.16. The Morgan fingerprint density at radius 3 is 2.52 bits per heavy atom. The number of thioether (sulfide) groups is 2. The molecule has 1 aromatic carbocycles. The van der Waals surface area contributed by atoms with Crippen molar-refractivity contribution in [3.8, 4) is 0 Å². The Morgan fingerprint density at radius 1 is 1.15 bits per heavy atom. The van der Waals surface area contributed by atoms with Gasteiger partial charge in [0.25, 0.3) is 0 Å². The zero-order valence-corrected chi connectivity index (χ0v) is 21.2. The molecule has 1 unspecified atom stereocenters. The Hall–Kier alpha value is -1.91. The second-order valence-corrected chi connectivity index (χ2v) is 9.44. The molecule has 1 aromatic rings. The molecular formula is C23H35N2O6S2-. The van der Waals surface area contributed by atoms with Crippen molar-refractivity contribution in [1.82, 2.24) is 0 Å². The number of carbonyl (C=O) groups is 2. The number of hydrogen-bond acceptors (Lipinski definition) is 10. The van der Waals surface area contributed by atoms with E-state index < -0.39 is 25.0 Å². The minimum absolute atomic E-state index is 0.147. The van der Waals surface area contributed by atoms with Crippen molar-refractivity contribution in [2.45, 2.75) is 45.4 Å². The standard InChI is InChI=1S/C23H36N2O6S2/c1-4-29-23(28)31-17(2)30-21(26)15-25-22(27)19(14-18-8-6-5-7-9-18)16-33-13-11-20(24)10-12-32-3/h5-9,17,19-20H,4,10-16,24H2,1-3H3,(H,25,27)/p-1/t17?,19-,20+/m1/s1. The molecule has 33 heavy (non-hydrogen) atoms. The SMILES string of the molecule is CCOC(=O)OC(C)OC(=O)CN=C([O-])[C@@H](CSCC[C@@H](N)CCSC)Cc1ccccc1. The third kappa shape index (κ3) is 14.1. The molecule has 0 saturated heterocycles. The van der Waals surface area contributed by atoms with Crippen molar-refractivity contribution in [2.75, 3.05) is 36.7 Å². The molecular weight excluding hydrogens is 464 g/mol. The van der Waals surface area contributed by atoms with Gasteiger partial charge in [0, 0.05) is 18.7 Å². The lowest BCUT2D eigenvalue weighted by Gasteiger charge is -2.23. The van der Waals surface area contributed by atoms with Crippen molar-refractivity contribution in [2.24, 2.45) is 16.6 Å². The first-order valence-corrected chi connectivity index (χ1v) is 13.5. The van der Waals surface area contributed by atoms with Crippen LogP contribution in [0, 0.1) is 5.92 Å². The highest BCUT2D eigenvalue weighted by Crippen LogP contribution is 2.17. The third-order valence-corrected chi connectivity index (χ3v) is 6.31. The first-order valence-electron chi connectivity index (χ1n) is 11.0. The van der Waals surface area contributed by atoms with Crippen LogP contribution in [0.4, 0.5) is 4.79 Å². The summed E-state index contributed by atoms with van der Waals surface area (Å²) in [6.45, 7) is 2.72. The van der Waals surface area contributed by atoms with Crippen LogP contribution in [0.2, 0.25) is 0 Å². The van der Waals surface area contributed by atoms with Crippen LogP contribution in [0.3, 0.4) is 0 Å². The van der Waals surface area contributed by atoms with Gasteiger partial charge in [-0.3, -0.25) is 4.99 Å². The third-order valence-electron chi connectivity index (χ3n) is 4.50. The molecule has 0 heterocycles. The van der Waals surface area contributed by atoms with Crippen molar-refractivity contribution in [3.63, 3.8) is 0 Å². The molecule has 3 atom stereocenters. The van der Waals surface area contributed by atoms with Gasteiger partial charge in [0.05, 0.1) is 6.61 Å². The van der Waals surface area contributed by atoms with Gasteiger partial charge in [0.15, 0.2) is 0 Å². The van der Waals surface area contributed by atoms with E-state index in [1.54, 1.807) is 30.4 Å². The van der Waals surface area contributed by atoms with E-state index in [2.05, 4.69) is 16.0 Å². The monoisotopic (exact) mass is 499 g/mol. The average Bonchev–Trinajstić information content (AvgIpc) is 2.78. The van der Waals surface area contributed by atoms with E-state index in [0.29, 0.717) is 12.2 Å². The molecule has 2 N–H and O–H groups in total. The number of ether oxygens (including phenoxy) is 3. The van der Waals surface area contributed by atoms with Crippen LogP contribution in [0.15, 0.2) is 35.3 Å². The highest BCUT2D eigenvalue weighted by molar-refractivity contribution is 7.99. The molecule has 0 spiro atoms. The maximum atomic E-state index is 12.7. The summed E-state index contributed by atoms with van der Waals surface area (Å²) in [7, 11) is 0. The highest BCUT2D eigenvalue weighted by atomic mass is 32.2. The van der Waals surface area contributed by atoms with Crippen molar-refractivity contribution in [3.05, 3.63) is 35.9 Å². The number of rotatable bonds is 16. The number of aliphatic imine (C=N–C) groups is 1. The molecule has 0 aromatic heterocycles. The molecule has 0 fully saturated rings. The van der Waals surface area contributed by atoms with Gasteiger partial charge >= 0.3 is 12.1 Å². The Bertz CT molecular complexity index is 720. The number of benzene rings is 1. The normalized spacial score (nSPS) is 14.2. The van der Waals surface area contributed by atoms with Gasteiger partial charge in [-0.2, -0.15) is 23.5 Å². The molecule has 0 aliphatic heterocycles. The lowest BCUT2D eigenvalue weighted by Crippen LogP contribution is -2.33. The molecule has 186 valence electrons. The number of hydrogen-bond donors (Lipinski definition) is 1. The molecule has 0 radical (unpaired) electrons. The Balaban J connectivity index is 2.60. The van der Waals surface area contributed by atoms with Gasteiger partial charge in [-0.25, -0.2) is 9.59 Å². The molecule has 10 heteroatoms. The summed E-state index contributed by atoms with van der Waals surface area (Å²) in [5.74, 6) is 1.02. The van der Waals surface area contributed by atoms with Gasteiger partial charge in [0.2, 0.25) is 6.29 Å². The molecule has 8 nitrogen and oxygen atoms in total. The number of carbonyl (C=O) groups excluding carboxylic acids is 2. The van der Waals surface area contributed by atoms with Crippen molar-refractivity contribution < 1.29 is 28.9 Å². The summed E-state index contributed by atoms with van der Waals surface area (Å²) in [6.07, 6.45) is 2.40. The van der Waals surface area contributed by atoms with Gasteiger partial charge in [-0.1, -0.05) is 30.3 Å². The van der Waals surface area contributed by atoms with Crippen LogP contribution in [0.1, 0.15) is 32.3 Å². The van der Waals surface area contributed by atoms with E-state index >= 15 is 0 Å². The fourth-order valence-corrected chi connectivity index (χ4v) is 4.51. The number of nitrogens with two attached hydrogens (primary N) is 1. The summed E-state index contributed by atoms with van der Waals surface area (Å²) in [6, 6.07) is 9.86. The lowest BCUT2D eigenvalue weighted by molar-refractivity contribution is -0.223. The minimum Gasteiger partial charge on any atom is -0.862 e. The van der Waals surface area contributed by atoms with Crippen molar-refractivity contribution >= 4 is 41.5 Å². The van der Waals surface area contributed by atoms with Crippen LogP contribution in [0.5, 0.6) is 0 Å². The summed E-state index contributed by atoms with van der Waals surface area (Å²) in [5, 5.41) is 12.7. The first-order chi connectivity index (χ1) is 15.8. The van der Waals surface area contributed by atoms with Gasteiger partial charge in [-0.15, -0.1) is 0 Å². The van der Waals surface area contributed by atoms with Crippen LogP contribution in [-0.4, -0.2) is 67.0 Å². The van der Waals surface area contributed by atoms with E-state index in [4.69, 9.17) is 15.2 Å². The molecule has 0 aliphatic rings. The van der Waals surface area contributed by atoms with Crippen molar-refractivity contribution in [1.29, 1.82) is 0 Å². The van der Waals surface area contributed by atoms with Gasteiger partial charge in [-0.05, 0) is 61.3 Å². The van der Waals surface area contributed by atoms with Gasteiger partial charge < -0.3 is 25.1 Å². The smallest absolute Gasteiger partial charge is 0.511 e. The number of nitrogens with zero attached hydrogens (tertiary/aromatic N) is 1. The molecule has 1 rings (SSSR count). The fraction of sp³-hybridized carbons (Fsp3) is 0.609. The average molecular weight is 500 g/mol. The predicted octanol–water partition coefficient (Wildman–Crippen LogP) is 2.87. The summed E-state index contributed by atoms with van der Waals surface area (Å²) in [5.41, 5.74) is 7.15. The van der Waals surface area contributed by atoms with Crippen LogP contribution >= 0.6 is 23.5 Å². The maximum absolute atomic E-state index is 12.7. The molecule has 0 saturated carbocycles. The first kappa shape index (κ1) is 29.1. The molecule has 0 aliphatic carbocycles. The largest absolute Gasteiger partial charge is 0.862 e. The second kappa shape index (κ2) is 17.6. The topological polar surface area (TPSA) is 123 Å². The Morgan fingerprint density at radius 2 is 1.85 bits per heavy atom. The maximum Gasteiger partial charge on any atom is 0.511 e. The van der Waals surface area contributed by atoms with E-state index in [-0.39, 0.29) is 24.5 Å². The van der Waals surface area contributed by atoms with Crippen LogP contribution < -0.4 is 10.8 Å². The molecule has 0 amide bonds. The van der Waals surface area contributed by atoms with E-state index in [1.165, 1.54) is 6.92 Å². The second-order valence-electron chi connectivity index (χ2n) is 7.30. The number of esters is 1. The quantitative estimate of drug-likeness (QED) is 0.120. The Labute approximate surface area is 205 Å². The summed E-state index contributed by atoms with van der Waals surface area (Å²) >= 11 is 3.45. The van der Waals surface area contributed by atoms with Gasteiger partial charge in [0.1, 0.15) is 6.54 Å². The van der Waals surface area contributed by atoms with E-state index in [0.717, 1.165) is 29.9 Å². The summed E-state index contributed by atoms with van der Waals surface area (Å²) in [4.78, 5) is 27.2. The zero-order chi connectivity index (χ0) is 24.5. The van der Waals surface area contributed by atoms with E-state index in [1.807, 2.05) is 30.3 Å². The molecule has 0 bridgehead atoms. The predicted molar refractivity (Wildman–Crippen MR) is 133 cm³/mol. The zero-order valence-electron chi connectivity index (χ0n) is 19.6. The summed E-state index contributed by atoms with van der Waals surface area (Å²) < 4.78 is 14.3. The minimum atomic E-state index is -1.13. The van der Waals surface area contributed by atoms with Crippen LogP contribution in [-0.2, 0) is 25.4 Å². The van der Waals surface area contributed by atoms with E-state index in [9.17, 15) is 14.7 Å². The fourth-order valence-electron chi connectivity index (χ4n) is 2.80. The lowest BCUT2D eigenvalue weighted by atomic mass is 10.0.